The van der Waals surface area contributed by atoms with Crippen LogP contribution >= 0.6 is 12.2 Å². The van der Waals surface area contributed by atoms with E-state index in [1.165, 1.54) is 0 Å². The summed E-state index contributed by atoms with van der Waals surface area (Å²) >= 11 is 5.48. The lowest BCUT2D eigenvalue weighted by atomic mass is 10.2. The summed E-state index contributed by atoms with van der Waals surface area (Å²) in [6, 6.07) is 7.79. The second-order valence-electron chi connectivity index (χ2n) is 5.09. The van der Waals surface area contributed by atoms with Crippen molar-refractivity contribution in [3.05, 3.63) is 41.7 Å². The molecule has 0 spiro atoms. The highest BCUT2D eigenvalue weighted by Gasteiger charge is 2.11. The number of anilines is 1. The van der Waals surface area contributed by atoms with Crippen LogP contribution in [-0.2, 0) is 13.6 Å². The third kappa shape index (κ3) is 3.76. The molecule has 22 heavy (non-hydrogen) atoms. The number of aryl methyl sites for hydroxylation is 1. The Hall–Kier alpha value is -2.08. The maximum atomic E-state index is 5.60. The number of nitrogens with zero attached hydrogens (tertiary/aromatic N) is 3. The van der Waals surface area contributed by atoms with Crippen LogP contribution in [0.15, 0.2) is 30.5 Å². The minimum atomic E-state index is 0.621. The van der Waals surface area contributed by atoms with Crippen LogP contribution in [0.3, 0.4) is 0 Å². The fourth-order valence-corrected chi connectivity index (χ4v) is 2.26. The van der Waals surface area contributed by atoms with E-state index in [0.717, 1.165) is 22.7 Å². The van der Waals surface area contributed by atoms with E-state index in [0.29, 0.717) is 18.3 Å². The lowest BCUT2D eigenvalue weighted by Gasteiger charge is -2.22. The molecule has 0 aliphatic heterocycles. The molecule has 0 atom stereocenters. The van der Waals surface area contributed by atoms with Gasteiger partial charge in [-0.2, -0.15) is 5.10 Å². The lowest BCUT2D eigenvalue weighted by molar-refractivity contribution is 0.342. The maximum absolute atomic E-state index is 5.60. The zero-order valence-electron chi connectivity index (χ0n) is 13.5. The summed E-state index contributed by atoms with van der Waals surface area (Å²) in [7, 11) is 3.90. The van der Waals surface area contributed by atoms with Crippen molar-refractivity contribution < 1.29 is 4.74 Å². The van der Waals surface area contributed by atoms with Gasteiger partial charge in [-0.05, 0) is 38.2 Å². The van der Waals surface area contributed by atoms with Crippen molar-refractivity contribution >= 4 is 23.0 Å². The number of benzene rings is 1. The highest BCUT2D eigenvalue weighted by Crippen LogP contribution is 2.24. The second kappa shape index (κ2) is 7.26. The second-order valence-corrected chi connectivity index (χ2v) is 5.48. The number of hydrogen-bond acceptors (Lipinski definition) is 3. The molecule has 0 bridgehead atoms. The van der Waals surface area contributed by atoms with Gasteiger partial charge in [0.15, 0.2) is 5.11 Å². The number of rotatable bonds is 5. The first-order chi connectivity index (χ1) is 10.5. The van der Waals surface area contributed by atoms with Crippen LogP contribution in [0.1, 0.15) is 18.2 Å². The van der Waals surface area contributed by atoms with Crippen LogP contribution < -0.4 is 10.1 Å². The monoisotopic (exact) mass is 318 g/mol. The third-order valence-corrected chi connectivity index (χ3v) is 3.93. The molecule has 0 amide bonds. The molecule has 1 aromatic heterocycles. The molecule has 2 aromatic rings. The van der Waals surface area contributed by atoms with Gasteiger partial charge in [0.1, 0.15) is 5.75 Å². The van der Waals surface area contributed by atoms with Crippen LogP contribution in [0.25, 0.3) is 0 Å². The Morgan fingerprint density at radius 3 is 2.77 bits per heavy atom. The summed E-state index contributed by atoms with van der Waals surface area (Å²) in [6.45, 7) is 5.35. The molecule has 0 unspecified atom stereocenters. The largest absolute Gasteiger partial charge is 0.492 e. The quantitative estimate of drug-likeness (QED) is 0.859. The van der Waals surface area contributed by atoms with E-state index in [1.54, 1.807) is 0 Å². The zero-order valence-corrected chi connectivity index (χ0v) is 14.3. The summed E-state index contributed by atoms with van der Waals surface area (Å²) in [5, 5.41) is 8.15. The number of thiocarbonyl (C=S) groups is 1. The molecular formula is C16H22N4OS. The molecule has 118 valence electrons. The lowest BCUT2D eigenvalue weighted by Crippen LogP contribution is -2.30. The molecule has 1 N–H and O–H groups in total. The van der Waals surface area contributed by atoms with Crippen LogP contribution in [-0.4, -0.2) is 33.4 Å². The average Bonchev–Trinajstić information content (AvgIpc) is 2.81. The Labute approximate surface area is 136 Å². The first kappa shape index (κ1) is 16.3. The molecule has 0 aliphatic rings. The zero-order chi connectivity index (χ0) is 16.1. The van der Waals surface area contributed by atoms with E-state index < -0.39 is 0 Å². The highest BCUT2D eigenvalue weighted by atomic mass is 32.1. The molecule has 6 heteroatoms. The van der Waals surface area contributed by atoms with Crippen molar-refractivity contribution in [2.45, 2.75) is 20.4 Å². The van der Waals surface area contributed by atoms with Crippen LogP contribution in [0, 0.1) is 6.92 Å². The Bertz CT molecular complexity index is 653. The van der Waals surface area contributed by atoms with Gasteiger partial charge >= 0.3 is 0 Å². The molecule has 2 rings (SSSR count). The standard InChI is InChI=1S/C16H22N4OS/c1-5-21-15-9-7-6-8-14(15)18-16(22)19(3)11-13-10-17-20(4)12(13)2/h6-10H,5,11H2,1-4H3,(H,18,22). The normalized spacial score (nSPS) is 10.4. The maximum Gasteiger partial charge on any atom is 0.173 e. The summed E-state index contributed by atoms with van der Waals surface area (Å²) in [5.41, 5.74) is 3.18. The Morgan fingerprint density at radius 1 is 1.41 bits per heavy atom. The van der Waals surface area contributed by atoms with Crippen LogP contribution in [0.5, 0.6) is 5.75 Å². The summed E-state index contributed by atoms with van der Waals surface area (Å²) in [5.74, 6) is 0.804. The van der Waals surface area contributed by atoms with E-state index in [4.69, 9.17) is 17.0 Å². The number of para-hydroxylation sites is 2. The van der Waals surface area contributed by atoms with E-state index in [9.17, 15) is 0 Å². The predicted octanol–water partition coefficient (Wildman–Crippen LogP) is 2.96. The molecule has 0 aliphatic carbocycles. The van der Waals surface area contributed by atoms with Crippen LogP contribution in [0.4, 0.5) is 5.69 Å². The van der Waals surface area contributed by atoms with E-state index >= 15 is 0 Å². The Kier molecular flexibility index (Phi) is 5.38. The fraction of sp³-hybridized carbons (Fsp3) is 0.375. The van der Waals surface area contributed by atoms with E-state index in [2.05, 4.69) is 17.3 Å². The van der Waals surface area contributed by atoms with Crippen molar-refractivity contribution in [3.8, 4) is 5.75 Å². The number of nitrogens with one attached hydrogen (secondary N) is 1. The SMILES string of the molecule is CCOc1ccccc1NC(=S)N(C)Cc1cnn(C)c1C. The minimum absolute atomic E-state index is 0.621. The van der Waals surface area contributed by atoms with Gasteiger partial charge in [-0.15, -0.1) is 0 Å². The Morgan fingerprint density at radius 2 is 2.14 bits per heavy atom. The van der Waals surface area contributed by atoms with Gasteiger partial charge in [-0.1, -0.05) is 12.1 Å². The van der Waals surface area contributed by atoms with Crippen molar-refractivity contribution in [3.63, 3.8) is 0 Å². The fourth-order valence-electron chi connectivity index (χ4n) is 2.09. The topological polar surface area (TPSA) is 42.3 Å². The minimum Gasteiger partial charge on any atom is -0.492 e. The molecule has 1 heterocycles. The van der Waals surface area contributed by atoms with Crippen LogP contribution in [0.2, 0.25) is 0 Å². The summed E-state index contributed by atoms with van der Waals surface area (Å²) in [4.78, 5) is 1.99. The smallest absolute Gasteiger partial charge is 0.173 e. The van der Waals surface area contributed by atoms with Crippen molar-refractivity contribution in [2.24, 2.45) is 7.05 Å². The molecule has 0 radical (unpaired) electrons. The first-order valence-electron chi connectivity index (χ1n) is 7.24. The third-order valence-electron chi connectivity index (χ3n) is 3.52. The predicted molar refractivity (Wildman–Crippen MR) is 93.2 cm³/mol. The molecule has 1 aromatic carbocycles. The van der Waals surface area contributed by atoms with E-state index in [1.807, 2.05) is 61.1 Å². The van der Waals surface area contributed by atoms with Gasteiger partial charge < -0.3 is 15.0 Å². The summed E-state index contributed by atoms with van der Waals surface area (Å²) < 4.78 is 7.47. The Balaban J connectivity index is 2.04. The van der Waals surface area contributed by atoms with Gasteiger partial charge in [-0.3, -0.25) is 4.68 Å². The number of aromatic nitrogens is 2. The van der Waals surface area contributed by atoms with E-state index in [-0.39, 0.29) is 0 Å². The van der Waals surface area contributed by atoms with Gasteiger partial charge in [-0.25, -0.2) is 0 Å². The number of ether oxygens (including phenoxy) is 1. The van der Waals surface area contributed by atoms with Gasteiger partial charge in [0, 0.05) is 31.9 Å². The molecule has 0 fully saturated rings. The number of hydrogen-bond donors (Lipinski definition) is 1. The molecule has 0 saturated heterocycles. The average molecular weight is 318 g/mol. The first-order valence-corrected chi connectivity index (χ1v) is 7.65. The van der Waals surface area contributed by atoms with Gasteiger partial charge in [0.05, 0.1) is 18.5 Å². The van der Waals surface area contributed by atoms with Crippen molar-refractivity contribution in [1.82, 2.24) is 14.7 Å². The highest BCUT2D eigenvalue weighted by molar-refractivity contribution is 7.80. The van der Waals surface area contributed by atoms with Crippen molar-refractivity contribution in [2.75, 3.05) is 19.0 Å². The molecular weight excluding hydrogens is 296 g/mol. The van der Waals surface area contributed by atoms with Gasteiger partial charge in [0.2, 0.25) is 0 Å². The molecule has 5 nitrogen and oxygen atoms in total. The molecule has 0 saturated carbocycles. The summed E-state index contributed by atoms with van der Waals surface area (Å²) in [6.07, 6.45) is 1.88. The van der Waals surface area contributed by atoms with Crippen molar-refractivity contribution in [1.29, 1.82) is 0 Å². The van der Waals surface area contributed by atoms with Gasteiger partial charge in [0.25, 0.3) is 0 Å².